The Kier molecular flexibility index (Phi) is 4.41. The molecule has 7 nitrogen and oxygen atoms in total. The third-order valence-electron chi connectivity index (χ3n) is 4.07. The van der Waals surface area contributed by atoms with Gasteiger partial charge in [-0.05, 0) is 25.0 Å². The van der Waals surface area contributed by atoms with Gasteiger partial charge in [0.25, 0.3) is 0 Å². The van der Waals surface area contributed by atoms with Crippen molar-refractivity contribution in [2.45, 2.75) is 19.3 Å². The van der Waals surface area contributed by atoms with Crippen molar-refractivity contribution in [3.63, 3.8) is 0 Å². The summed E-state index contributed by atoms with van der Waals surface area (Å²) in [5.41, 5.74) is 2.41. The molecule has 2 N–H and O–H groups in total. The number of aromatic nitrogens is 5. The molecule has 2 heterocycles. The maximum Gasteiger partial charge on any atom is 0.229 e. The Morgan fingerprint density at radius 1 is 1.20 bits per heavy atom. The first-order valence-electron chi connectivity index (χ1n) is 7.59. The molecular formula is C15H12Cl2N6OS. The van der Waals surface area contributed by atoms with Crippen LogP contribution < -0.4 is 5.32 Å². The second-order valence-electron chi connectivity index (χ2n) is 5.65. The average Bonchev–Trinajstić information content (AvgIpc) is 3.23. The van der Waals surface area contributed by atoms with Crippen LogP contribution in [0.1, 0.15) is 17.8 Å². The Morgan fingerprint density at radius 2 is 1.96 bits per heavy atom. The van der Waals surface area contributed by atoms with Gasteiger partial charge in [-0.2, -0.15) is 15.4 Å². The molecule has 1 amide bonds. The third-order valence-corrected chi connectivity index (χ3v) is 5.56. The highest BCUT2D eigenvalue weighted by Crippen LogP contribution is 2.37. The normalized spacial score (nSPS) is 16.5. The molecule has 10 heteroatoms. The maximum atomic E-state index is 12.5. The monoisotopic (exact) mass is 394 g/mol. The molecule has 0 saturated carbocycles. The predicted octanol–water partition coefficient (Wildman–Crippen LogP) is 3.37. The Labute approximate surface area is 156 Å². The molecule has 25 heavy (non-hydrogen) atoms. The maximum absolute atomic E-state index is 12.5. The largest absolute Gasteiger partial charge is 0.300 e. The van der Waals surface area contributed by atoms with E-state index in [0.29, 0.717) is 32.2 Å². The zero-order valence-electron chi connectivity index (χ0n) is 12.8. The topological polar surface area (TPSA) is 96.5 Å². The number of benzene rings is 1. The van der Waals surface area contributed by atoms with Gasteiger partial charge < -0.3 is 5.32 Å². The van der Waals surface area contributed by atoms with E-state index in [9.17, 15) is 4.79 Å². The number of aryl methyl sites for hydroxylation is 1. The second kappa shape index (κ2) is 6.70. The fraction of sp³-hybridized carbons (Fsp3) is 0.267. The first kappa shape index (κ1) is 16.4. The lowest BCUT2D eigenvalue weighted by molar-refractivity contribution is -0.120. The van der Waals surface area contributed by atoms with E-state index in [0.717, 1.165) is 24.2 Å². The minimum atomic E-state index is -0.158. The molecule has 0 fully saturated rings. The number of halogens is 2. The van der Waals surface area contributed by atoms with Crippen LogP contribution in [0.25, 0.3) is 10.6 Å². The van der Waals surface area contributed by atoms with Crippen LogP contribution in [0.15, 0.2) is 18.2 Å². The van der Waals surface area contributed by atoms with Crippen molar-refractivity contribution in [2.24, 2.45) is 5.92 Å². The summed E-state index contributed by atoms with van der Waals surface area (Å²) in [6.07, 6.45) is 2.04. The number of hydrogen-bond donors (Lipinski definition) is 2. The minimum Gasteiger partial charge on any atom is -0.300 e. The summed E-state index contributed by atoms with van der Waals surface area (Å²) in [4.78, 5) is 12.5. The smallest absolute Gasteiger partial charge is 0.229 e. The van der Waals surface area contributed by atoms with Crippen molar-refractivity contribution >= 4 is 45.6 Å². The van der Waals surface area contributed by atoms with Gasteiger partial charge in [-0.25, -0.2) is 0 Å². The van der Waals surface area contributed by atoms with Crippen molar-refractivity contribution < 1.29 is 4.79 Å². The van der Waals surface area contributed by atoms with Crippen molar-refractivity contribution in [3.8, 4) is 10.6 Å². The van der Waals surface area contributed by atoms with Crippen molar-refractivity contribution in [1.29, 1.82) is 0 Å². The van der Waals surface area contributed by atoms with Crippen LogP contribution in [0.5, 0.6) is 0 Å². The van der Waals surface area contributed by atoms with Gasteiger partial charge in [-0.1, -0.05) is 40.6 Å². The highest BCUT2D eigenvalue weighted by molar-refractivity contribution is 7.18. The summed E-state index contributed by atoms with van der Waals surface area (Å²) in [5, 5.41) is 23.7. The molecule has 0 radical (unpaired) electrons. The first-order chi connectivity index (χ1) is 12.1. The van der Waals surface area contributed by atoms with Gasteiger partial charge in [-0.15, -0.1) is 10.2 Å². The Bertz CT molecular complexity index is 920. The molecule has 128 valence electrons. The standard InChI is InChI=1S/C15H12Cl2N6OS/c16-8-2-1-3-9(17)12(8)14-21-22-15(25-14)18-13(24)7-4-5-10-11(6-7)20-23-19-10/h1-3,7H,4-6H2,(H,18,22,24)(H,19,20,23). The molecule has 1 unspecified atom stereocenters. The lowest BCUT2D eigenvalue weighted by Crippen LogP contribution is -2.28. The van der Waals surface area contributed by atoms with Gasteiger partial charge >= 0.3 is 0 Å². The molecule has 1 atom stereocenters. The molecule has 4 rings (SSSR count). The van der Waals surface area contributed by atoms with Crippen molar-refractivity contribution in [2.75, 3.05) is 5.32 Å². The number of rotatable bonds is 3. The zero-order valence-corrected chi connectivity index (χ0v) is 15.1. The van der Waals surface area contributed by atoms with E-state index in [2.05, 4.69) is 30.9 Å². The van der Waals surface area contributed by atoms with Crippen molar-refractivity contribution in [1.82, 2.24) is 25.6 Å². The van der Waals surface area contributed by atoms with Crippen molar-refractivity contribution in [3.05, 3.63) is 39.6 Å². The number of amides is 1. The van der Waals surface area contributed by atoms with Crippen LogP contribution in [-0.2, 0) is 17.6 Å². The summed E-state index contributed by atoms with van der Waals surface area (Å²) in [6.45, 7) is 0. The van der Waals surface area contributed by atoms with E-state index in [4.69, 9.17) is 23.2 Å². The summed E-state index contributed by atoms with van der Waals surface area (Å²) < 4.78 is 0. The number of nitrogens with one attached hydrogen (secondary N) is 2. The molecule has 1 aliphatic rings. The number of anilines is 1. The predicted molar refractivity (Wildman–Crippen MR) is 95.9 cm³/mol. The van der Waals surface area contributed by atoms with E-state index < -0.39 is 0 Å². The van der Waals surface area contributed by atoms with Gasteiger partial charge in [0.15, 0.2) is 5.01 Å². The van der Waals surface area contributed by atoms with Crippen LogP contribution >= 0.6 is 34.5 Å². The fourth-order valence-electron chi connectivity index (χ4n) is 2.79. The zero-order chi connectivity index (χ0) is 17.4. The summed E-state index contributed by atoms with van der Waals surface area (Å²) in [6, 6.07) is 5.24. The molecule has 0 spiro atoms. The van der Waals surface area contributed by atoms with E-state index in [1.165, 1.54) is 11.3 Å². The molecule has 0 bridgehead atoms. The Balaban J connectivity index is 1.49. The quantitative estimate of drug-likeness (QED) is 0.709. The van der Waals surface area contributed by atoms with Gasteiger partial charge in [0.05, 0.1) is 21.4 Å². The average molecular weight is 395 g/mol. The van der Waals surface area contributed by atoms with Gasteiger partial charge in [0.1, 0.15) is 0 Å². The van der Waals surface area contributed by atoms with E-state index in [1.807, 2.05) is 0 Å². The van der Waals surface area contributed by atoms with E-state index in [-0.39, 0.29) is 11.8 Å². The molecule has 0 saturated heterocycles. The number of carbonyl (C=O) groups excluding carboxylic acids is 1. The molecule has 2 aromatic heterocycles. The molecule has 1 aliphatic carbocycles. The van der Waals surface area contributed by atoms with Crippen LogP contribution in [-0.4, -0.2) is 31.5 Å². The highest BCUT2D eigenvalue weighted by Gasteiger charge is 2.28. The van der Waals surface area contributed by atoms with Gasteiger partial charge in [0, 0.05) is 17.9 Å². The van der Waals surface area contributed by atoms with Crippen LogP contribution in [0.4, 0.5) is 5.13 Å². The van der Waals surface area contributed by atoms with Crippen LogP contribution in [0.2, 0.25) is 10.0 Å². The van der Waals surface area contributed by atoms with Crippen LogP contribution in [0.3, 0.4) is 0 Å². The molecule has 1 aromatic carbocycles. The molecule has 3 aromatic rings. The SMILES string of the molecule is O=C(Nc1nnc(-c2c(Cl)cccc2Cl)s1)C1CCc2n[nH]nc2C1. The number of H-pyrrole nitrogens is 1. The first-order valence-corrected chi connectivity index (χ1v) is 9.16. The Morgan fingerprint density at radius 3 is 2.76 bits per heavy atom. The number of hydrogen-bond acceptors (Lipinski definition) is 6. The summed E-state index contributed by atoms with van der Waals surface area (Å²) in [5.74, 6) is -0.254. The number of aromatic amines is 1. The van der Waals surface area contributed by atoms with E-state index >= 15 is 0 Å². The lowest BCUT2D eigenvalue weighted by Gasteiger charge is -2.18. The van der Waals surface area contributed by atoms with Gasteiger partial charge in [0.2, 0.25) is 11.0 Å². The second-order valence-corrected chi connectivity index (χ2v) is 7.45. The summed E-state index contributed by atoms with van der Waals surface area (Å²) in [7, 11) is 0. The Hall–Kier alpha value is -2.03. The third kappa shape index (κ3) is 3.24. The minimum absolute atomic E-state index is 0.0957. The summed E-state index contributed by atoms with van der Waals surface area (Å²) >= 11 is 13.6. The number of nitrogens with zero attached hydrogens (tertiary/aromatic N) is 4. The lowest BCUT2D eigenvalue weighted by atomic mass is 9.89. The highest BCUT2D eigenvalue weighted by atomic mass is 35.5. The molecule has 0 aliphatic heterocycles. The van der Waals surface area contributed by atoms with E-state index in [1.54, 1.807) is 18.2 Å². The number of carbonyl (C=O) groups is 1. The fourth-order valence-corrected chi connectivity index (χ4v) is 4.30. The number of fused-ring (bicyclic) bond motifs is 1. The van der Waals surface area contributed by atoms with Gasteiger partial charge in [-0.3, -0.25) is 4.79 Å². The molecular weight excluding hydrogens is 383 g/mol. The van der Waals surface area contributed by atoms with Crippen LogP contribution in [0, 0.1) is 5.92 Å².